The molecule has 0 saturated carbocycles. The average Bonchev–Trinajstić information content (AvgIpc) is 1.80. The molecule has 11 heavy (non-hydrogen) atoms. The fourth-order valence-electron chi connectivity index (χ4n) is 0.654. The first-order valence-electron chi connectivity index (χ1n) is 4.25. The molecule has 2 atom stereocenters. The topological polar surface area (TPSA) is 32.3 Å². The SMILES string of the molecule is CC(NC[C@@H](C)O)C(C)(C)C. The van der Waals surface area contributed by atoms with E-state index in [2.05, 4.69) is 33.0 Å². The normalized spacial score (nSPS) is 18.0. The van der Waals surface area contributed by atoms with Gasteiger partial charge in [0.2, 0.25) is 0 Å². The maximum Gasteiger partial charge on any atom is 0.0636 e. The van der Waals surface area contributed by atoms with Crippen LogP contribution in [-0.4, -0.2) is 23.8 Å². The molecule has 0 aliphatic carbocycles. The first-order chi connectivity index (χ1) is 4.84. The van der Waals surface area contributed by atoms with Gasteiger partial charge in [0.25, 0.3) is 0 Å². The second-order valence-corrected chi connectivity index (χ2v) is 4.34. The molecular weight excluding hydrogens is 138 g/mol. The highest BCUT2D eigenvalue weighted by Gasteiger charge is 2.19. The van der Waals surface area contributed by atoms with E-state index in [0.29, 0.717) is 12.6 Å². The second-order valence-electron chi connectivity index (χ2n) is 4.34. The zero-order valence-electron chi connectivity index (χ0n) is 8.31. The van der Waals surface area contributed by atoms with Gasteiger partial charge in [0.15, 0.2) is 0 Å². The molecule has 0 heterocycles. The predicted octanol–water partition coefficient (Wildman–Crippen LogP) is 1.39. The van der Waals surface area contributed by atoms with Crippen molar-refractivity contribution in [2.45, 2.75) is 46.8 Å². The summed E-state index contributed by atoms with van der Waals surface area (Å²) in [6, 6.07) is 0.442. The van der Waals surface area contributed by atoms with Crippen LogP contribution in [-0.2, 0) is 0 Å². The molecule has 0 aromatic carbocycles. The van der Waals surface area contributed by atoms with Crippen LogP contribution in [0.1, 0.15) is 34.6 Å². The third-order valence-electron chi connectivity index (χ3n) is 2.02. The van der Waals surface area contributed by atoms with Crippen molar-refractivity contribution in [1.29, 1.82) is 0 Å². The van der Waals surface area contributed by atoms with Crippen molar-refractivity contribution in [2.24, 2.45) is 5.41 Å². The lowest BCUT2D eigenvalue weighted by molar-refractivity contribution is 0.172. The largest absolute Gasteiger partial charge is 0.392 e. The summed E-state index contributed by atoms with van der Waals surface area (Å²) in [6.07, 6.45) is -0.250. The van der Waals surface area contributed by atoms with Crippen LogP contribution in [0.4, 0.5) is 0 Å². The van der Waals surface area contributed by atoms with Crippen LogP contribution in [0.15, 0.2) is 0 Å². The zero-order valence-corrected chi connectivity index (χ0v) is 8.31. The summed E-state index contributed by atoms with van der Waals surface area (Å²) < 4.78 is 0. The van der Waals surface area contributed by atoms with Gasteiger partial charge in [-0.1, -0.05) is 20.8 Å². The van der Waals surface area contributed by atoms with Gasteiger partial charge in [-0.25, -0.2) is 0 Å². The fourth-order valence-corrected chi connectivity index (χ4v) is 0.654. The first kappa shape index (κ1) is 10.9. The molecule has 0 aromatic heterocycles. The van der Waals surface area contributed by atoms with Gasteiger partial charge in [-0.15, -0.1) is 0 Å². The van der Waals surface area contributed by atoms with Gasteiger partial charge in [0.1, 0.15) is 0 Å². The average molecular weight is 159 g/mol. The summed E-state index contributed by atoms with van der Waals surface area (Å²) in [5.74, 6) is 0. The molecule has 0 aromatic rings. The van der Waals surface area contributed by atoms with Gasteiger partial charge in [0.05, 0.1) is 6.10 Å². The minimum absolute atomic E-state index is 0.250. The molecule has 0 radical (unpaired) electrons. The van der Waals surface area contributed by atoms with Crippen LogP contribution in [0.2, 0.25) is 0 Å². The van der Waals surface area contributed by atoms with Crippen LogP contribution in [0.3, 0.4) is 0 Å². The lowest BCUT2D eigenvalue weighted by atomic mass is 9.88. The van der Waals surface area contributed by atoms with Crippen LogP contribution >= 0.6 is 0 Å². The Morgan fingerprint density at radius 2 is 1.73 bits per heavy atom. The Hall–Kier alpha value is -0.0800. The third kappa shape index (κ3) is 5.22. The molecular formula is C9H21NO. The number of aliphatic hydroxyl groups excluding tert-OH is 1. The third-order valence-corrected chi connectivity index (χ3v) is 2.02. The lowest BCUT2D eigenvalue weighted by Gasteiger charge is -2.28. The van der Waals surface area contributed by atoms with Gasteiger partial charge in [-0.05, 0) is 19.3 Å². The predicted molar refractivity (Wildman–Crippen MR) is 48.6 cm³/mol. The maximum absolute atomic E-state index is 9.00. The summed E-state index contributed by atoms with van der Waals surface area (Å²) >= 11 is 0. The summed E-state index contributed by atoms with van der Waals surface area (Å²) in [6.45, 7) is 11.2. The van der Waals surface area contributed by atoms with E-state index >= 15 is 0 Å². The van der Waals surface area contributed by atoms with Crippen LogP contribution < -0.4 is 5.32 Å². The standard InChI is InChI=1S/C9H21NO/c1-7(11)6-10-8(2)9(3,4)5/h7-8,10-11H,6H2,1-5H3/t7-,8?/m1/s1. The number of rotatable bonds is 3. The number of hydrogen-bond donors (Lipinski definition) is 2. The van der Waals surface area contributed by atoms with Crippen LogP contribution in [0.5, 0.6) is 0 Å². The summed E-state index contributed by atoms with van der Waals surface area (Å²) in [5, 5.41) is 12.3. The van der Waals surface area contributed by atoms with Gasteiger partial charge in [-0.3, -0.25) is 0 Å². The highest BCUT2D eigenvalue weighted by molar-refractivity contribution is 4.76. The Morgan fingerprint density at radius 3 is 2.00 bits per heavy atom. The maximum atomic E-state index is 9.00. The Kier molecular flexibility index (Phi) is 4.04. The van der Waals surface area contributed by atoms with E-state index in [1.54, 1.807) is 6.92 Å². The van der Waals surface area contributed by atoms with Crippen LogP contribution in [0, 0.1) is 5.41 Å². The van der Waals surface area contributed by atoms with Crippen molar-refractivity contribution in [3.05, 3.63) is 0 Å². The summed E-state index contributed by atoms with van der Waals surface area (Å²) in [4.78, 5) is 0. The van der Waals surface area contributed by atoms with Gasteiger partial charge < -0.3 is 10.4 Å². The lowest BCUT2D eigenvalue weighted by Crippen LogP contribution is -2.40. The molecule has 0 aliphatic rings. The van der Waals surface area contributed by atoms with E-state index in [9.17, 15) is 0 Å². The molecule has 0 rings (SSSR count). The monoisotopic (exact) mass is 159 g/mol. The molecule has 2 nitrogen and oxygen atoms in total. The van der Waals surface area contributed by atoms with E-state index in [1.807, 2.05) is 0 Å². The van der Waals surface area contributed by atoms with E-state index < -0.39 is 0 Å². The Labute approximate surface area is 70.0 Å². The van der Waals surface area contributed by atoms with Crippen molar-refractivity contribution in [2.75, 3.05) is 6.54 Å². The van der Waals surface area contributed by atoms with Crippen molar-refractivity contribution in [3.8, 4) is 0 Å². The molecule has 0 saturated heterocycles. The zero-order chi connectivity index (χ0) is 9.07. The molecule has 2 heteroatoms. The molecule has 0 bridgehead atoms. The molecule has 0 spiro atoms. The van der Waals surface area contributed by atoms with E-state index in [-0.39, 0.29) is 11.5 Å². The second kappa shape index (κ2) is 4.07. The number of nitrogens with one attached hydrogen (secondary N) is 1. The molecule has 0 fully saturated rings. The molecule has 0 aliphatic heterocycles. The summed E-state index contributed by atoms with van der Waals surface area (Å²) in [7, 11) is 0. The smallest absolute Gasteiger partial charge is 0.0636 e. The van der Waals surface area contributed by atoms with Crippen molar-refractivity contribution in [3.63, 3.8) is 0 Å². The Morgan fingerprint density at radius 1 is 1.27 bits per heavy atom. The first-order valence-corrected chi connectivity index (χ1v) is 4.25. The van der Waals surface area contributed by atoms with Crippen molar-refractivity contribution < 1.29 is 5.11 Å². The Balaban J connectivity index is 3.61. The van der Waals surface area contributed by atoms with Crippen LogP contribution in [0.25, 0.3) is 0 Å². The van der Waals surface area contributed by atoms with E-state index in [0.717, 1.165) is 0 Å². The fraction of sp³-hybridized carbons (Fsp3) is 1.00. The molecule has 2 N–H and O–H groups in total. The van der Waals surface area contributed by atoms with Gasteiger partial charge in [-0.2, -0.15) is 0 Å². The van der Waals surface area contributed by atoms with Gasteiger partial charge >= 0.3 is 0 Å². The van der Waals surface area contributed by atoms with Crippen molar-refractivity contribution >= 4 is 0 Å². The highest BCUT2D eigenvalue weighted by atomic mass is 16.3. The van der Waals surface area contributed by atoms with E-state index in [4.69, 9.17) is 5.11 Å². The van der Waals surface area contributed by atoms with Gasteiger partial charge in [0, 0.05) is 12.6 Å². The quantitative estimate of drug-likeness (QED) is 0.652. The van der Waals surface area contributed by atoms with Crippen molar-refractivity contribution in [1.82, 2.24) is 5.32 Å². The molecule has 1 unspecified atom stereocenters. The van der Waals surface area contributed by atoms with E-state index in [1.165, 1.54) is 0 Å². The minimum atomic E-state index is -0.250. The number of aliphatic hydroxyl groups is 1. The molecule has 68 valence electrons. The number of hydrogen-bond acceptors (Lipinski definition) is 2. The molecule has 0 amide bonds. The Bertz CT molecular complexity index is 105. The highest BCUT2D eigenvalue weighted by Crippen LogP contribution is 2.18. The summed E-state index contributed by atoms with van der Waals surface area (Å²) in [5.41, 5.74) is 0.273. The minimum Gasteiger partial charge on any atom is -0.392 e.